The van der Waals surface area contributed by atoms with Crippen LogP contribution < -0.4 is 0 Å². The molecule has 1 aliphatic rings. The quantitative estimate of drug-likeness (QED) is 0.569. The molecule has 1 N–H and O–H groups in total. The molecule has 0 saturated carbocycles. The second-order valence-electron chi connectivity index (χ2n) is 3.37. The second kappa shape index (κ2) is 2.44. The number of hydrogen-bond acceptors (Lipinski definition) is 3. The van der Waals surface area contributed by atoms with Gasteiger partial charge in [-0.1, -0.05) is 6.58 Å². The van der Waals surface area contributed by atoms with Gasteiger partial charge in [0.15, 0.2) is 0 Å². The molecule has 1 rings (SSSR count). The number of aliphatic hydroxyl groups excluding tert-OH is 1. The van der Waals surface area contributed by atoms with E-state index in [9.17, 15) is 0 Å². The van der Waals surface area contributed by atoms with E-state index in [1.807, 2.05) is 25.1 Å². The molecule has 3 nitrogen and oxygen atoms in total. The molecule has 0 unspecified atom stereocenters. The van der Waals surface area contributed by atoms with Crippen molar-refractivity contribution in [3.8, 4) is 0 Å². The van der Waals surface area contributed by atoms with E-state index in [1.165, 1.54) is 11.9 Å². The number of aliphatic hydroxyl groups is 1. The van der Waals surface area contributed by atoms with Crippen LogP contribution in [0.1, 0.15) is 20.8 Å². The molecule has 0 aromatic carbocycles. The summed E-state index contributed by atoms with van der Waals surface area (Å²) in [7, 11) is 0. The van der Waals surface area contributed by atoms with Crippen molar-refractivity contribution in [1.82, 2.24) is 4.31 Å². The third-order valence-electron chi connectivity index (χ3n) is 1.24. The summed E-state index contributed by atoms with van der Waals surface area (Å²) in [6.07, 6.45) is 0. The number of hydrogen-bond donors (Lipinski definition) is 1. The zero-order chi connectivity index (χ0) is 8.65. The van der Waals surface area contributed by atoms with E-state index in [1.54, 1.807) is 0 Å². The average Bonchev–Trinajstić information content (AvgIpc) is 2.08. The third kappa shape index (κ3) is 1.68. The first-order valence-electron chi connectivity index (χ1n) is 3.36. The highest BCUT2D eigenvalue weighted by Gasteiger charge is 2.29. The van der Waals surface area contributed by atoms with Crippen LogP contribution >= 0.6 is 11.9 Å². The Kier molecular flexibility index (Phi) is 1.88. The molecule has 0 spiro atoms. The van der Waals surface area contributed by atoms with Gasteiger partial charge in [-0.05, 0) is 20.8 Å². The second-order valence-corrected chi connectivity index (χ2v) is 4.28. The summed E-state index contributed by atoms with van der Waals surface area (Å²) in [5, 5.41) is 9.12. The highest BCUT2D eigenvalue weighted by atomic mass is 32.2. The Labute approximate surface area is 70.9 Å². The van der Waals surface area contributed by atoms with E-state index in [0.29, 0.717) is 5.82 Å². The van der Waals surface area contributed by atoms with Crippen molar-refractivity contribution >= 4 is 17.2 Å². The molecule has 0 atom stereocenters. The maximum atomic E-state index is 9.04. The fourth-order valence-electron chi connectivity index (χ4n) is 0.835. The van der Waals surface area contributed by atoms with E-state index in [0.717, 1.165) is 0 Å². The van der Waals surface area contributed by atoms with Crippen LogP contribution in [0.3, 0.4) is 0 Å². The van der Waals surface area contributed by atoms with Crippen molar-refractivity contribution < 1.29 is 5.11 Å². The van der Waals surface area contributed by atoms with Crippen LogP contribution in [0.4, 0.5) is 0 Å². The number of rotatable bonds is 0. The summed E-state index contributed by atoms with van der Waals surface area (Å²) < 4.78 is 1.88. The predicted octanol–water partition coefficient (Wildman–Crippen LogP) is 2.13. The Morgan fingerprint density at radius 3 is 2.27 bits per heavy atom. The van der Waals surface area contributed by atoms with Crippen molar-refractivity contribution in [3.05, 3.63) is 12.4 Å². The van der Waals surface area contributed by atoms with E-state index >= 15 is 0 Å². The molecule has 4 heteroatoms. The fourth-order valence-corrected chi connectivity index (χ4v) is 1.56. The summed E-state index contributed by atoms with van der Waals surface area (Å²) in [6.45, 7) is 9.83. The molecule has 0 aliphatic carbocycles. The van der Waals surface area contributed by atoms with Crippen LogP contribution in [-0.2, 0) is 0 Å². The molecule has 0 amide bonds. The Morgan fingerprint density at radius 2 is 2.09 bits per heavy atom. The van der Waals surface area contributed by atoms with Crippen molar-refractivity contribution in [2.75, 3.05) is 0 Å². The van der Waals surface area contributed by atoms with Crippen LogP contribution in [-0.4, -0.2) is 20.2 Å². The molecule has 0 aromatic heterocycles. The van der Waals surface area contributed by atoms with Crippen molar-refractivity contribution in [3.63, 3.8) is 0 Å². The normalized spacial score (nSPS) is 19.0. The fraction of sp³-hybridized carbons (Fsp3) is 0.571. The van der Waals surface area contributed by atoms with Gasteiger partial charge in [0, 0.05) is 17.5 Å². The summed E-state index contributed by atoms with van der Waals surface area (Å²) in [5.41, 5.74) is -0.0459. The molecule has 0 fully saturated rings. The minimum absolute atomic E-state index is 0.0459. The summed E-state index contributed by atoms with van der Waals surface area (Å²) in [5.74, 6) is 0.611. The van der Waals surface area contributed by atoms with Gasteiger partial charge in [0.1, 0.15) is 5.82 Å². The van der Waals surface area contributed by atoms with Gasteiger partial charge < -0.3 is 5.11 Å². The van der Waals surface area contributed by atoms with E-state index in [2.05, 4.69) is 11.6 Å². The summed E-state index contributed by atoms with van der Waals surface area (Å²) in [6, 6.07) is 0. The van der Waals surface area contributed by atoms with Crippen LogP contribution in [0.15, 0.2) is 17.4 Å². The molecule has 0 bridgehead atoms. The third-order valence-corrected chi connectivity index (χ3v) is 2.44. The van der Waals surface area contributed by atoms with Gasteiger partial charge in [0.2, 0.25) is 0 Å². The first-order valence-corrected chi connectivity index (χ1v) is 4.13. The van der Waals surface area contributed by atoms with Gasteiger partial charge >= 0.3 is 0 Å². The van der Waals surface area contributed by atoms with E-state index in [-0.39, 0.29) is 10.8 Å². The standard InChI is InChI=1S/C7H12N2OS/c1-5-8-6(10)11-9(5)7(2,3)4/h1H2,2-4H3,(H,8,10). The van der Waals surface area contributed by atoms with Gasteiger partial charge in [-0.2, -0.15) is 4.99 Å². The molecule has 1 heterocycles. The van der Waals surface area contributed by atoms with Crippen LogP contribution in [0.2, 0.25) is 0 Å². The number of aliphatic imine (C=N–C) groups is 1. The van der Waals surface area contributed by atoms with E-state index < -0.39 is 0 Å². The highest BCUT2D eigenvalue weighted by Crippen LogP contribution is 2.33. The lowest BCUT2D eigenvalue weighted by atomic mass is 10.1. The van der Waals surface area contributed by atoms with Gasteiger partial charge in [-0.15, -0.1) is 0 Å². The minimum Gasteiger partial charge on any atom is -0.487 e. The van der Waals surface area contributed by atoms with Crippen molar-refractivity contribution in [2.45, 2.75) is 26.3 Å². The first kappa shape index (κ1) is 8.46. The van der Waals surface area contributed by atoms with Crippen LogP contribution in [0, 0.1) is 0 Å². The number of nitrogens with zero attached hydrogens (tertiary/aromatic N) is 2. The zero-order valence-electron chi connectivity index (χ0n) is 6.96. The Hall–Kier alpha value is -0.640. The molecule has 1 aliphatic heterocycles. The molecule has 0 radical (unpaired) electrons. The van der Waals surface area contributed by atoms with Crippen LogP contribution in [0.5, 0.6) is 0 Å². The van der Waals surface area contributed by atoms with Gasteiger partial charge in [-0.25, -0.2) is 0 Å². The summed E-state index contributed by atoms with van der Waals surface area (Å²) >= 11 is 1.22. The van der Waals surface area contributed by atoms with Gasteiger partial charge in [-0.3, -0.25) is 4.31 Å². The first-order chi connectivity index (χ1) is 4.91. The smallest absolute Gasteiger partial charge is 0.271 e. The Bertz CT molecular complexity index is 217. The van der Waals surface area contributed by atoms with Crippen molar-refractivity contribution in [1.29, 1.82) is 0 Å². The van der Waals surface area contributed by atoms with Gasteiger partial charge in [0.25, 0.3) is 5.23 Å². The molecular weight excluding hydrogens is 160 g/mol. The predicted molar refractivity (Wildman–Crippen MR) is 48.4 cm³/mol. The highest BCUT2D eigenvalue weighted by molar-refractivity contribution is 8.11. The lowest BCUT2D eigenvalue weighted by Gasteiger charge is -2.30. The zero-order valence-corrected chi connectivity index (χ0v) is 7.77. The lowest BCUT2D eigenvalue weighted by Crippen LogP contribution is -2.32. The average molecular weight is 172 g/mol. The molecule has 0 saturated heterocycles. The maximum Gasteiger partial charge on any atom is 0.271 e. The maximum absolute atomic E-state index is 9.04. The monoisotopic (exact) mass is 172 g/mol. The van der Waals surface area contributed by atoms with E-state index in [4.69, 9.17) is 5.11 Å². The lowest BCUT2D eigenvalue weighted by molar-refractivity contribution is 0.331. The van der Waals surface area contributed by atoms with Gasteiger partial charge in [0.05, 0.1) is 0 Å². The molecule has 62 valence electrons. The minimum atomic E-state index is -0.0459. The summed E-state index contributed by atoms with van der Waals surface area (Å²) in [4.78, 5) is 3.80. The molecule has 11 heavy (non-hydrogen) atoms. The molecular formula is C7H12N2OS. The Morgan fingerprint density at radius 1 is 1.55 bits per heavy atom. The Balaban J connectivity index is 2.75. The topological polar surface area (TPSA) is 35.8 Å². The largest absolute Gasteiger partial charge is 0.487 e. The van der Waals surface area contributed by atoms with Crippen molar-refractivity contribution in [2.24, 2.45) is 4.99 Å². The SMILES string of the molecule is C=C1N=C(O)SN1C(C)(C)C. The molecule has 0 aromatic rings. The van der Waals surface area contributed by atoms with Crippen LogP contribution in [0.25, 0.3) is 0 Å².